The zero-order valence-corrected chi connectivity index (χ0v) is 21.7. The van der Waals surface area contributed by atoms with Crippen LogP contribution in [-0.4, -0.2) is 44.3 Å². The summed E-state index contributed by atoms with van der Waals surface area (Å²) in [4.78, 5) is 28.1. The van der Waals surface area contributed by atoms with Crippen molar-refractivity contribution in [1.82, 2.24) is 10.2 Å². The number of hydrogen-bond acceptors (Lipinski definition) is 4. The molecule has 0 heterocycles. The maximum absolute atomic E-state index is 13.8. The number of carbonyl (C=O) groups is 2. The van der Waals surface area contributed by atoms with Crippen LogP contribution in [0.1, 0.15) is 31.4 Å². The van der Waals surface area contributed by atoms with Crippen LogP contribution in [0, 0.1) is 6.92 Å². The molecule has 0 fully saturated rings. The highest BCUT2D eigenvalue weighted by Crippen LogP contribution is 2.27. The van der Waals surface area contributed by atoms with Crippen molar-refractivity contribution >= 4 is 27.5 Å². The summed E-state index contributed by atoms with van der Waals surface area (Å²) in [5.41, 5.74) is 1.97. The third kappa shape index (κ3) is 6.51. The number of rotatable bonds is 11. The number of hydrogen-bond donors (Lipinski definition) is 1. The van der Waals surface area contributed by atoms with Gasteiger partial charge in [-0.15, -0.1) is 0 Å². The fraction of sp³-hybridized carbons (Fsp3) is 0.286. The fourth-order valence-corrected chi connectivity index (χ4v) is 5.33. The van der Waals surface area contributed by atoms with Gasteiger partial charge in [-0.1, -0.05) is 73.7 Å². The van der Waals surface area contributed by atoms with Crippen LogP contribution < -0.4 is 9.62 Å². The molecule has 0 radical (unpaired) electrons. The molecule has 190 valence electrons. The summed E-state index contributed by atoms with van der Waals surface area (Å²) in [7, 11) is -4.05. The van der Waals surface area contributed by atoms with Crippen LogP contribution in [0.15, 0.2) is 89.8 Å². The molecule has 2 amide bonds. The summed E-state index contributed by atoms with van der Waals surface area (Å²) >= 11 is 0. The summed E-state index contributed by atoms with van der Waals surface area (Å²) in [5.74, 6) is -0.754. The van der Waals surface area contributed by atoms with Crippen LogP contribution in [0.3, 0.4) is 0 Å². The standard InChI is InChI=1S/C28H33N3O4S/c1-4-19-29-28(33)23(3)30(20-24-14-7-5-8-15-24)27(32)21-31(26-18-12-11-13-22(26)2)36(34,35)25-16-9-6-10-17-25/h5-18,23H,4,19-21H2,1-3H3,(H,29,33). The quantitative estimate of drug-likeness (QED) is 0.423. The SMILES string of the molecule is CCCNC(=O)C(C)N(Cc1ccccc1)C(=O)CN(c1ccccc1C)S(=O)(=O)c1ccccc1. The van der Waals surface area contributed by atoms with Crippen LogP contribution in [0.5, 0.6) is 0 Å². The number of carbonyl (C=O) groups excluding carboxylic acids is 2. The minimum absolute atomic E-state index is 0.0874. The first kappa shape index (κ1) is 26.9. The van der Waals surface area contributed by atoms with Gasteiger partial charge < -0.3 is 10.2 Å². The van der Waals surface area contributed by atoms with E-state index in [0.717, 1.165) is 16.3 Å². The Morgan fingerprint density at radius 3 is 2.08 bits per heavy atom. The Balaban J connectivity index is 2.00. The third-order valence-electron chi connectivity index (χ3n) is 5.91. The van der Waals surface area contributed by atoms with Gasteiger partial charge in [0.15, 0.2) is 0 Å². The molecular formula is C28H33N3O4S. The van der Waals surface area contributed by atoms with Crippen molar-refractivity contribution in [2.24, 2.45) is 0 Å². The van der Waals surface area contributed by atoms with E-state index in [1.165, 1.54) is 17.0 Å². The van der Waals surface area contributed by atoms with E-state index in [1.807, 2.05) is 43.3 Å². The molecule has 1 N–H and O–H groups in total. The van der Waals surface area contributed by atoms with Crippen molar-refractivity contribution in [2.45, 2.75) is 44.7 Å². The fourth-order valence-electron chi connectivity index (χ4n) is 3.83. The van der Waals surface area contributed by atoms with Crippen LogP contribution >= 0.6 is 0 Å². The summed E-state index contributed by atoms with van der Waals surface area (Å²) in [6.45, 7) is 5.64. The summed E-state index contributed by atoms with van der Waals surface area (Å²) in [6, 6.07) is 23.6. The van der Waals surface area contributed by atoms with Crippen molar-refractivity contribution in [3.63, 3.8) is 0 Å². The van der Waals surface area contributed by atoms with E-state index < -0.39 is 28.5 Å². The van der Waals surface area contributed by atoms with Crippen LogP contribution in [-0.2, 0) is 26.2 Å². The second-order valence-electron chi connectivity index (χ2n) is 8.59. The number of nitrogens with one attached hydrogen (secondary N) is 1. The van der Waals surface area contributed by atoms with E-state index in [1.54, 1.807) is 50.2 Å². The monoisotopic (exact) mass is 507 g/mol. The number of anilines is 1. The van der Waals surface area contributed by atoms with Gasteiger partial charge in [0.1, 0.15) is 12.6 Å². The van der Waals surface area contributed by atoms with Gasteiger partial charge >= 0.3 is 0 Å². The highest BCUT2D eigenvalue weighted by atomic mass is 32.2. The normalized spacial score (nSPS) is 12.0. The van der Waals surface area contributed by atoms with Crippen LogP contribution in [0.25, 0.3) is 0 Å². The second-order valence-corrected chi connectivity index (χ2v) is 10.4. The molecule has 7 nitrogen and oxygen atoms in total. The average molecular weight is 508 g/mol. The van der Waals surface area contributed by atoms with Crippen molar-refractivity contribution in [1.29, 1.82) is 0 Å². The first-order valence-corrected chi connectivity index (χ1v) is 13.4. The van der Waals surface area contributed by atoms with E-state index in [-0.39, 0.29) is 17.3 Å². The smallest absolute Gasteiger partial charge is 0.264 e. The summed E-state index contributed by atoms with van der Waals surface area (Å²) in [6.07, 6.45) is 0.765. The molecule has 0 aromatic heterocycles. The number of amides is 2. The Labute approximate surface area is 213 Å². The van der Waals surface area contributed by atoms with Crippen LogP contribution in [0.4, 0.5) is 5.69 Å². The Bertz CT molecular complexity index is 1260. The Hall–Kier alpha value is -3.65. The van der Waals surface area contributed by atoms with E-state index >= 15 is 0 Å². The highest BCUT2D eigenvalue weighted by Gasteiger charge is 2.32. The number of benzene rings is 3. The first-order chi connectivity index (χ1) is 17.3. The molecule has 3 aromatic rings. The van der Waals surface area contributed by atoms with Crippen LogP contribution in [0.2, 0.25) is 0 Å². The molecule has 0 aliphatic rings. The number of nitrogens with zero attached hydrogens (tertiary/aromatic N) is 2. The largest absolute Gasteiger partial charge is 0.354 e. The molecule has 0 saturated carbocycles. The Morgan fingerprint density at radius 1 is 0.889 bits per heavy atom. The van der Waals surface area contributed by atoms with Crippen molar-refractivity contribution < 1.29 is 18.0 Å². The molecule has 1 atom stereocenters. The van der Waals surface area contributed by atoms with Crippen molar-refractivity contribution in [3.05, 3.63) is 96.1 Å². The average Bonchev–Trinajstić information content (AvgIpc) is 2.90. The van der Waals surface area contributed by atoms with Gasteiger partial charge in [-0.25, -0.2) is 8.42 Å². The lowest BCUT2D eigenvalue weighted by Crippen LogP contribution is -2.51. The van der Waals surface area contributed by atoms with Gasteiger partial charge in [-0.05, 0) is 49.6 Å². The maximum Gasteiger partial charge on any atom is 0.264 e. The minimum Gasteiger partial charge on any atom is -0.354 e. The van der Waals surface area contributed by atoms with Gasteiger partial charge in [0, 0.05) is 13.1 Å². The summed E-state index contributed by atoms with van der Waals surface area (Å²) < 4.78 is 28.6. The lowest BCUT2D eigenvalue weighted by atomic mass is 10.1. The zero-order valence-electron chi connectivity index (χ0n) is 20.9. The molecular weight excluding hydrogens is 474 g/mol. The van der Waals surface area contributed by atoms with E-state index in [4.69, 9.17) is 0 Å². The molecule has 0 saturated heterocycles. The molecule has 0 bridgehead atoms. The number of aryl methyl sites for hydroxylation is 1. The lowest BCUT2D eigenvalue weighted by molar-refractivity contribution is -0.139. The molecule has 36 heavy (non-hydrogen) atoms. The van der Waals surface area contributed by atoms with E-state index in [2.05, 4.69) is 5.32 Å². The predicted molar refractivity (Wildman–Crippen MR) is 142 cm³/mol. The lowest BCUT2D eigenvalue weighted by Gasteiger charge is -2.32. The number of para-hydroxylation sites is 1. The molecule has 0 spiro atoms. The van der Waals surface area contributed by atoms with Gasteiger partial charge in [-0.3, -0.25) is 13.9 Å². The molecule has 0 aliphatic heterocycles. The molecule has 3 aromatic carbocycles. The first-order valence-electron chi connectivity index (χ1n) is 12.0. The maximum atomic E-state index is 13.8. The van der Waals surface area contributed by atoms with Crippen molar-refractivity contribution in [3.8, 4) is 0 Å². The Morgan fingerprint density at radius 2 is 1.47 bits per heavy atom. The van der Waals surface area contributed by atoms with Gasteiger partial charge in [0.05, 0.1) is 10.6 Å². The summed E-state index contributed by atoms with van der Waals surface area (Å²) in [5, 5.41) is 2.84. The third-order valence-corrected chi connectivity index (χ3v) is 7.68. The topological polar surface area (TPSA) is 86.8 Å². The molecule has 0 aliphatic carbocycles. The van der Waals surface area contributed by atoms with Crippen molar-refractivity contribution in [2.75, 3.05) is 17.4 Å². The highest BCUT2D eigenvalue weighted by molar-refractivity contribution is 7.92. The van der Waals surface area contributed by atoms with Gasteiger partial charge in [-0.2, -0.15) is 0 Å². The Kier molecular flexibility index (Phi) is 9.25. The van der Waals surface area contributed by atoms with Gasteiger partial charge in [0.2, 0.25) is 11.8 Å². The predicted octanol–water partition coefficient (Wildman–Crippen LogP) is 4.13. The molecule has 1 unspecified atom stereocenters. The minimum atomic E-state index is -4.05. The van der Waals surface area contributed by atoms with Gasteiger partial charge in [0.25, 0.3) is 10.0 Å². The molecule has 8 heteroatoms. The number of sulfonamides is 1. The van der Waals surface area contributed by atoms with E-state index in [0.29, 0.717) is 17.8 Å². The zero-order chi connectivity index (χ0) is 26.1. The molecule has 3 rings (SSSR count). The van der Waals surface area contributed by atoms with E-state index in [9.17, 15) is 18.0 Å². The second kappa shape index (κ2) is 12.4.